The van der Waals surface area contributed by atoms with Crippen molar-refractivity contribution >= 4 is 28.7 Å². The molecule has 1 aliphatic heterocycles. The minimum atomic E-state index is -0.485. The Labute approximate surface area is 160 Å². The molecule has 2 aromatic carbocycles. The van der Waals surface area contributed by atoms with Crippen molar-refractivity contribution in [3.63, 3.8) is 0 Å². The van der Waals surface area contributed by atoms with Gasteiger partial charge in [0.1, 0.15) is 23.5 Å². The fourth-order valence-corrected chi connectivity index (χ4v) is 3.72. The maximum atomic E-state index is 13.8. The molecule has 1 atom stereocenters. The van der Waals surface area contributed by atoms with Crippen LogP contribution >= 0.6 is 11.8 Å². The predicted octanol–water partition coefficient (Wildman–Crippen LogP) is 3.41. The Morgan fingerprint density at radius 2 is 1.89 bits per heavy atom. The first kappa shape index (κ1) is 18.9. The van der Waals surface area contributed by atoms with Gasteiger partial charge in [-0.25, -0.2) is 9.40 Å². The number of carbonyl (C=O) groups is 2. The Hall–Kier alpha value is -2.87. The van der Waals surface area contributed by atoms with E-state index in [9.17, 15) is 14.0 Å². The molecule has 3 rings (SSSR count). The van der Waals surface area contributed by atoms with Gasteiger partial charge in [-0.3, -0.25) is 9.59 Å². The molecule has 1 aliphatic rings. The summed E-state index contributed by atoms with van der Waals surface area (Å²) in [4.78, 5) is 23.3. The van der Waals surface area contributed by atoms with Crippen molar-refractivity contribution in [2.75, 3.05) is 0 Å². The molecule has 0 saturated carbocycles. The van der Waals surface area contributed by atoms with Crippen LogP contribution in [0.4, 0.5) is 4.39 Å². The fourth-order valence-electron chi connectivity index (χ4n) is 2.55. The van der Waals surface area contributed by atoms with E-state index in [1.807, 2.05) is 12.1 Å². The summed E-state index contributed by atoms with van der Waals surface area (Å²) in [5, 5.41) is 7.92. The number of hydrogen-bond acceptors (Lipinski definition) is 5. The summed E-state index contributed by atoms with van der Waals surface area (Å²) in [7, 11) is 0. The number of halogens is 1. The summed E-state index contributed by atoms with van der Waals surface area (Å²) < 4.78 is 19.7. The number of nitrogens with zero attached hydrogens (tertiary/aromatic N) is 2. The molecule has 0 fully saturated rings. The van der Waals surface area contributed by atoms with Crippen LogP contribution in [0.3, 0.4) is 0 Å². The molecule has 0 bridgehead atoms. The summed E-state index contributed by atoms with van der Waals surface area (Å²) in [6, 6.07) is 13.6. The van der Waals surface area contributed by atoms with E-state index in [2.05, 4.69) is 10.4 Å². The highest BCUT2D eigenvalue weighted by atomic mass is 32.2. The lowest BCUT2D eigenvalue weighted by molar-refractivity contribution is -0.129. The Kier molecular flexibility index (Phi) is 5.75. The van der Waals surface area contributed by atoms with Crippen molar-refractivity contribution in [2.45, 2.75) is 25.8 Å². The van der Waals surface area contributed by atoms with Gasteiger partial charge in [-0.1, -0.05) is 48.2 Å². The number of amidine groups is 1. The molecule has 6 nitrogen and oxygen atoms in total. The van der Waals surface area contributed by atoms with E-state index < -0.39 is 5.37 Å². The molecule has 0 saturated heterocycles. The number of rotatable bonds is 4. The van der Waals surface area contributed by atoms with Crippen LogP contribution in [0.1, 0.15) is 30.3 Å². The zero-order valence-electron chi connectivity index (χ0n) is 14.8. The summed E-state index contributed by atoms with van der Waals surface area (Å²) in [6.45, 7) is 2.83. The molecule has 27 heavy (non-hydrogen) atoms. The predicted molar refractivity (Wildman–Crippen MR) is 101 cm³/mol. The highest BCUT2D eigenvalue weighted by molar-refractivity contribution is 8.14. The first-order valence-corrected chi connectivity index (χ1v) is 9.11. The number of benzene rings is 2. The fraction of sp³-hybridized carbons (Fsp3) is 0.211. The second-order valence-electron chi connectivity index (χ2n) is 5.84. The van der Waals surface area contributed by atoms with Gasteiger partial charge in [-0.15, -0.1) is 5.10 Å². The van der Waals surface area contributed by atoms with Crippen LogP contribution in [0, 0.1) is 5.82 Å². The van der Waals surface area contributed by atoms with Crippen LogP contribution in [0.2, 0.25) is 0 Å². The lowest BCUT2D eigenvalue weighted by Crippen LogP contribution is -2.25. The summed E-state index contributed by atoms with van der Waals surface area (Å²) in [5.41, 5.74) is 1.14. The molecule has 1 unspecified atom stereocenters. The number of amides is 2. The SMILES string of the molecule is CC(=O)NC1=NN(C(C)=O)C(c2ccccc2OCc2ccccc2F)S1. The number of ether oxygens (including phenoxy) is 1. The van der Waals surface area contributed by atoms with E-state index in [4.69, 9.17) is 4.74 Å². The zero-order chi connectivity index (χ0) is 19.4. The van der Waals surface area contributed by atoms with Crippen molar-refractivity contribution in [3.05, 3.63) is 65.5 Å². The number of hydrazone groups is 1. The second kappa shape index (κ2) is 8.22. The smallest absolute Gasteiger partial charge is 0.241 e. The normalized spacial score (nSPS) is 16.0. The summed E-state index contributed by atoms with van der Waals surface area (Å²) in [6.07, 6.45) is 0. The molecule has 8 heteroatoms. The van der Waals surface area contributed by atoms with Crippen LogP contribution in [0.25, 0.3) is 0 Å². The quantitative estimate of drug-likeness (QED) is 0.873. The van der Waals surface area contributed by atoms with E-state index in [0.29, 0.717) is 22.0 Å². The Balaban J connectivity index is 1.83. The van der Waals surface area contributed by atoms with Crippen molar-refractivity contribution in [2.24, 2.45) is 5.10 Å². The topological polar surface area (TPSA) is 71.0 Å². The van der Waals surface area contributed by atoms with Gasteiger partial charge in [0.2, 0.25) is 11.8 Å². The third kappa shape index (κ3) is 4.46. The van der Waals surface area contributed by atoms with Gasteiger partial charge in [-0.2, -0.15) is 0 Å². The Morgan fingerprint density at radius 3 is 2.59 bits per heavy atom. The van der Waals surface area contributed by atoms with Gasteiger partial charge < -0.3 is 10.1 Å². The lowest BCUT2D eigenvalue weighted by atomic mass is 10.2. The molecule has 2 aromatic rings. The molecule has 1 heterocycles. The van der Waals surface area contributed by atoms with Gasteiger partial charge in [0, 0.05) is 25.0 Å². The zero-order valence-corrected chi connectivity index (χ0v) is 15.6. The van der Waals surface area contributed by atoms with Crippen LogP contribution in [0.15, 0.2) is 53.6 Å². The van der Waals surface area contributed by atoms with E-state index in [1.54, 1.807) is 30.3 Å². The van der Waals surface area contributed by atoms with Gasteiger partial charge >= 0.3 is 0 Å². The number of carbonyl (C=O) groups excluding carboxylic acids is 2. The maximum absolute atomic E-state index is 13.8. The second-order valence-corrected chi connectivity index (χ2v) is 6.91. The first-order valence-electron chi connectivity index (χ1n) is 8.23. The summed E-state index contributed by atoms with van der Waals surface area (Å²) in [5.74, 6) is -0.359. The van der Waals surface area contributed by atoms with E-state index in [0.717, 1.165) is 0 Å². The number of thioether (sulfide) groups is 1. The highest BCUT2D eigenvalue weighted by Gasteiger charge is 2.34. The van der Waals surface area contributed by atoms with Gasteiger partial charge in [0.05, 0.1) is 0 Å². The van der Waals surface area contributed by atoms with E-state index in [1.165, 1.54) is 36.7 Å². The molecule has 0 radical (unpaired) electrons. The van der Waals surface area contributed by atoms with Crippen molar-refractivity contribution in [1.29, 1.82) is 0 Å². The number of hydrogen-bond donors (Lipinski definition) is 1. The van der Waals surface area contributed by atoms with Crippen LogP contribution in [-0.2, 0) is 16.2 Å². The lowest BCUT2D eigenvalue weighted by Gasteiger charge is -2.22. The number of nitrogens with one attached hydrogen (secondary N) is 1. The first-order chi connectivity index (χ1) is 13.0. The minimum absolute atomic E-state index is 0.0561. The third-order valence-electron chi connectivity index (χ3n) is 3.78. The van der Waals surface area contributed by atoms with Crippen LogP contribution in [0.5, 0.6) is 5.75 Å². The minimum Gasteiger partial charge on any atom is -0.488 e. The average molecular weight is 387 g/mol. The molecule has 2 amide bonds. The van der Waals surface area contributed by atoms with Crippen molar-refractivity contribution in [3.8, 4) is 5.75 Å². The van der Waals surface area contributed by atoms with Crippen LogP contribution < -0.4 is 10.1 Å². The standard InChI is InChI=1S/C19H18FN3O3S/c1-12(24)21-19-22-23(13(2)25)18(27-19)15-8-4-6-10-17(15)26-11-14-7-3-5-9-16(14)20/h3-10,18H,11H2,1-2H3,(H,21,22,24). The van der Waals surface area contributed by atoms with E-state index in [-0.39, 0.29) is 24.2 Å². The Bertz CT molecular complexity index is 903. The van der Waals surface area contributed by atoms with Crippen LogP contribution in [-0.4, -0.2) is 22.0 Å². The summed E-state index contributed by atoms with van der Waals surface area (Å²) >= 11 is 1.24. The highest BCUT2D eigenvalue weighted by Crippen LogP contribution is 2.42. The molecule has 140 valence electrons. The molecule has 0 spiro atoms. The van der Waals surface area contributed by atoms with E-state index >= 15 is 0 Å². The molecular weight excluding hydrogens is 369 g/mol. The maximum Gasteiger partial charge on any atom is 0.241 e. The molecule has 0 aliphatic carbocycles. The largest absolute Gasteiger partial charge is 0.488 e. The molecule has 0 aromatic heterocycles. The third-order valence-corrected chi connectivity index (χ3v) is 4.86. The average Bonchev–Trinajstić information content (AvgIpc) is 3.04. The monoisotopic (exact) mass is 387 g/mol. The Morgan fingerprint density at radius 1 is 1.19 bits per heavy atom. The van der Waals surface area contributed by atoms with Crippen molar-refractivity contribution < 1.29 is 18.7 Å². The van der Waals surface area contributed by atoms with Gasteiger partial charge in [0.15, 0.2) is 5.17 Å². The van der Waals surface area contributed by atoms with Gasteiger partial charge in [0.25, 0.3) is 0 Å². The van der Waals surface area contributed by atoms with Crippen molar-refractivity contribution in [1.82, 2.24) is 10.3 Å². The van der Waals surface area contributed by atoms with Gasteiger partial charge in [-0.05, 0) is 12.1 Å². The molecular formula is C19H18FN3O3S. The number of para-hydroxylation sites is 1. The molecule has 1 N–H and O–H groups in total.